The van der Waals surface area contributed by atoms with E-state index < -0.39 is 5.54 Å². The Labute approximate surface area is 167 Å². The van der Waals surface area contributed by atoms with Gasteiger partial charge in [-0.25, -0.2) is 5.01 Å². The Morgan fingerprint density at radius 2 is 1.75 bits per heavy atom. The van der Waals surface area contributed by atoms with Gasteiger partial charge in [0.2, 0.25) is 0 Å². The van der Waals surface area contributed by atoms with Crippen molar-refractivity contribution in [3.63, 3.8) is 0 Å². The van der Waals surface area contributed by atoms with Crippen molar-refractivity contribution < 1.29 is 9.59 Å². The molecule has 28 heavy (non-hydrogen) atoms. The van der Waals surface area contributed by atoms with Gasteiger partial charge in [-0.15, -0.1) is 0 Å². The van der Waals surface area contributed by atoms with Crippen LogP contribution in [0.4, 0.5) is 5.69 Å². The van der Waals surface area contributed by atoms with Crippen LogP contribution >= 0.6 is 11.6 Å². The lowest BCUT2D eigenvalue weighted by Gasteiger charge is -2.36. The molecular formula is C21H17ClN4O2. The van der Waals surface area contributed by atoms with Gasteiger partial charge in [-0.2, -0.15) is 5.01 Å². The number of hydrazine groups is 1. The summed E-state index contributed by atoms with van der Waals surface area (Å²) in [6.07, 6.45) is 1.32. The standard InChI is InChI=1S/C21H17ClN4O2/c1-21-18(23)16(17(27)13-8-10-14(22)11-9-13)12-24-19(21)20(28)26(25(21)2)15-6-4-3-5-7-15/h3-12,23H,1-2H3. The predicted octanol–water partition coefficient (Wildman–Crippen LogP) is 3.53. The van der Waals surface area contributed by atoms with Gasteiger partial charge in [-0.05, 0) is 43.3 Å². The maximum absolute atomic E-state index is 13.0. The number of carbonyl (C=O) groups excluding carboxylic acids is 2. The average Bonchev–Trinajstić information content (AvgIpc) is 2.90. The number of amides is 1. The van der Waals surface area contributed by atoms with Crippen LogP contribution in [0.2, 0.25) is 5.02 Å². The molecule has 1 fully saturated rings. The van der Waals surface area contributed by atoms with E-state index in [1.54, 1.807) is 43.2 Å². The fraction of sp³-hybridized carbons (Fsp3) is 0.143. The smallest absolute Gasteiger partial charge is 0.289 e. The number of para-hydroxylation sites is 1. The first kappa shape index (κ1) is 18.3. The summed E-state index contributed by atoms with van der Waals surface area (Å²) in [4.78, 5) is 30.3. The van der Waals surface area contributed by atoms with Gasteiger partial charge >= 0.3 is 0 Å². The number of hydrogen-bond acceptors (Lipinski definition) is 5. The van der Waals surface area contributed by atoms with Crippen LogP contribution in [0.3, 0.4) is 0 Å². The number of nitrogens with one attached hydrogen (secondary N) is 1. The Balaban J connectivity index is 1.74. The summed E-state index contributed by atoms with van der Waals surface area (Å²) >= 11 is 5.90. The van der Waals surface area contributed by atoms with Gasteiger partial charge < -0.3 is 5.41 Å². The number of aliphatic imine (C=N–C) groups is 1. The Hall–Kier alpha value is -3.09. The van der Waals surface area contributed by atoms with Gasteiger partial charge in [0.25, 0.3) is 5.91 Å². The highest BCUT2D eigenvalue weighted by atomic mass is 35.5. The van der Waals surface area contributed by atoms with Crippen LogP contribution in [-0.4, -0.2) is 40.7 Å². The van der Waals surface area contributed by atoms with Crippen LogP contribution in [0, 0.1) is 5.41 Å². The van der Waals surface area contributed by atoms with Crippen molar-refractivity contribution in [1.29, 1.82) is 5.41 Å². The van der Waals surface area contributed by atoms with Crippen LogP contribution in [0.5, 0.6) is 0 Å². The van der Waals surface area contributed by atoms with Crippen molar-refractivity contribution in [1.82, 2.24) is 5.01 Å². The number of hydrogen-bond donors (Lipinski definition) is 1. The van der Waals surface area contributed by atoms with Crippen LogP contribution in [0.15, 0.2) is 71.4 Å². The molecule has 2 aliphatic heterocycles. The quantitative estimate of drug-likeness (QED) is 0.812. The minimum absolute atomic E-state index is 0.0340. The van der Waals surface area contributed by atoms with Crippen LogP contribution in [0.1, 0.15) is 17.3 Å². The Bertz CT molecular complexity index is 1060. The molecule has 2 aromatic carbocycles. The number of anilines is 1. The van der Waals surface area contributed by atoms with E-state index in [-0.39, 0.29) is 28.7 Å². The van der Waals surface area contributed by atoms with Crippen LogP contribution in [-0.2, 0) is 4.79 Å². The molecule has 0 bridgehead atoms. The van der Waals surface area contributed by atoms with Crippen molar-refractivity contribution in [2.24, 2.45) is 4.99 Å². The number of ketones is 1. The summed E-state index contributed by atoms with van der Waals surface area (Å²) in [5.41, 5.74) is 0.353. The highest BCUT2D eigenvalue weighted by Crippen LogP contribution is 2.36. The topological polar surface area (TPSA) is 76.8 Å². The molecular weight excluding hydrogens is 376 g/mol. The predicted molar refractivity (Wildman–Crippen MR) is 109 cm³/mol. The monoisotopic (exact) mass is 392 g/mol. The molecule has 0 saturated carbocycles. The first-order valence-electron chi connectivity index (χ1n) is 8.67. The number of benzene rings is 2. The molecule has 0 aliphatic carbocycles. The zero-order valence-electron chi connectivity index (χ0n) is 15.3. The first-order chi connectivity index (χ1) is 13.4. The van der Waals surface area contributed by atoms with E-state index in [0.29, 0.717) is 16.3 Å². The third kappa shape index (κ3) is 2.53. The Kier molecular flexibility index (Phi) is 4.25. The number of halogens is 1. The van der Waals surface area contributed by atoms with Gasteiger partial charge in [0, 0.05) is 23.8 Å². The van der Waals surface area contributed by atoms with E-state index in [0.717, 1.165) is 0 Å². The fourth-order valence-electron chi connectivity index (χ4n) is 3.50. The molecule has 6 nitrogen and oxygen atoms in total. The van der Waals surface area contributed by atoms with Crippen molar-refractivity contribution in [3.05, 3.63) is 77.0 Å². The Morgan fingerprint density at radius 1 is 1.11 bits per heavy atom. The van der Waals surface area contributed by atoms with Crippen molar-refractivity contribution >= 4 is 40.4 Å². The van der Waals surface area contributed by atoms with Crippen molar-refractivity contribution in [3.8, 4) is 0 Å². The van der Waals surface area contributed by atoms with E-state index in [1.165, 1.54) is 11.2 Å². The molecule has 7 heteroatoms. The van der Waals surface area contributed by atoms with Crippen molar-refractivity contribution in [2.75, 3.05) is 12.1 Å². The second-order valence-corrected chi connectivity index (χ2v) is 7.22. The van der Waals surface area contributed by atoms with Gasteiger partial charge in [0.15, 0.2) is 5.78 Å². The van der Waals surface area contributed by atoms with Gasteiger partial charge in [0.1, 0.15) is 11.3 Å². The molecule has 1 N–H and O–H groups in total. The van der Waals surface area contributed by atoms with E-state index in [1.807, 2.05) is 30.3 Å². The van der Waals surface area contributed by atoms with Crippen molar-refractivity contribution in [2.45, 2.75) is 12.5 Å². The number of fused-ring (bicyclic) bond motifs is 1. The molecule has 1 unspecified atom stereocenters. The lowest BCUT2D eigenvalue weighted by Crippen LogP contribution is -2.55. The van der Waals surface area contributed by atoms with Gasteiger partial charge in [-0.1, -0.05) is 29.8 Å². The van der Waals surface area contributed by atoms with E-state index in [2.05, 4.69) is 4.99 Å². The summed E-state index contributed by atoms with van der Waals surface area (Å²) in [7, 11) is 1.72. The van der Waals surface area contributed by atoms with E-state index >= 15 is 0 Å². The summed E-state index contributed by atoms with van der Waals surface area (Å²) in [5, 5.41) is 12.4. The molecule has 1 amide bonds. The van der Waals surface area contributed by atoms with E-state index in [9.17, 15) is 9.59 Å². The number of Topliss-reactive ketones (excluding diaryl/α,β-unsaturated/α-hetero) is 1. The summed E-state index contributed by atoms with van der Waals surface area (Å²) in [5.74, 6) is -0.639. The van der Waals surface area contributed by atoms with Crippen LogP contribution < -0.4 is 5.01 Å². The second-order valence-electron chi connectivity index (χ2n) is 6.78. The fourth-order valence-corrected chi connectivity index (χ4v) is 3.63. The van der Waals surface area contributed by atoms with E-state index in [4.69, 9.17) is 17.0 Å². The highest BCUT2D eigenvalue weighted by Gasteiger charge is 2.56. The zero-order valence-corrected chi connectivity index (χ0v) is 16.1. The number of nitrogens with zero attached hydrogens (tertiary/aromatic N) is 3. The van der Waals surface area contributed by atoms with Crippen LogP contribution in [0.25, 0.3) is 0 Å². The maximum Gasteiger partial charge on any atom is 0.289 e. The lowest BCUT2D eigenvalue weighted by molar-refractivity contribution is -0.113. The molecule has 2 heterocycles. The average molecular weight is 393 g/mol. The third-order valence-corrected chi connectivity index (χ3v) is 5.49. The highest BCUT2D eigenvalue weighted by molar-refractivity contribution is 6.56. The van der Waals surface area contributed by atoms with Gasteiger partial charge in [-0.3, -0.25) is 14.6 Å². The molecule has 0 radical (unpaired) electrons. The third-order valence-electron chi connectivity index (χ3n) is 5.23. The summed E-state index contributed by atoms with van der Waals surface area (Å²) < 4.78 is 0. The molecule has 4 rings (SSSR count). The lowest BCUT2D eigenvalue weighted by atomic mass is 9.82. The Morgan fingerprint density at radius 3 is 2.39 bits per heavy atom. The molecule has 0 aromatic heterocycles. The molecule has 0 spiro atoms. The zero-order chi connectivity index (χ0) is 20.1. The summed E-state index contributed by atoms with van der Waals surface area (Å²) in [6.45, 7) is 1.73. The molecule has 1 atom stereocenters. The summed E-state index contributed by atoms with van der Waals surface area (Å²) in [6, 6.07) is 15.6. The maximum atomic E-state index is 13.0. The number of carbonyl (C=O) groups is 2. The normalized spacial score (nSPS) is 22.0. The molecule has 1 saturated heterocycles. The SMILES string of the molecule is CN1N(c2ccccc2)C(=O)C2=NC=C(C(=O)c3ccc(Cl)cc3)C(=N)C21C. The first-order valence-corrected chi connectivity index (χ1v) is 9.05. The second kappa shape index (κ2) is 6.51. The largest absolute Gasteiger partial charge is 0.302 e. The minimum Gasteiger partial charge on any atom is -0.302 e. The minimum atomic E-state index is -1.14. The number of rotatable bonds is 3. The molecule has 2 aromatic rings. The molecule has 140 valence electrons. The molecule has 2 aliphatic rings. The van der Waals surface area contributed by atoms with Gasteiger partial charge in [0.05, 0.1) is 17.0 Å².